The number of nitrogens with zero attached hydrogens (tertiary/aromatic N) is 3. The van der Waals surface area contributed by atoms with Crippen LogP contribution in [-0.4, -0.2) is 19.8 Å². The second kappa shape index (κ2) is 7.74. The molecule has 2 aromatic carbocycles. The van der Waals surface area contributed by atoms with Gasteiger partial charge >= 0.3 is 0 Å². The van der Waals surface area contributed by atoms with Crippen LogP contribution in [0, 0.1) is 11.3 Å². The summed E-state index contributed by atoms with van der Waals surface area (Å²) in [6.45, 7) is 6.07. The van der Waals surface area contributed by atoms with Gasteiger partial charge in [0.1, 0.15) is 11.4 Å². The number of oxazole rings is 1. The SMILES string of the molecule is CC(C)c1cnc(C=CC[C@]23CC[C@](C)(O2)c2c3c(O)n(-c3ccc(C#N)c4ccccc34)c2O)o1. The van der Waals surface area contributed by atoms with Crippen LogP contribution < -0.4 is 0 Å². The van der Waals surface area contributed by atoms with E-state index in [0.29, 0.717) is 34.7 Å². The van der Waals surface area contributed by atoms with Gasteiger partial charge in [0.05, 0.1) is 40.2 Å². The van der Waals surface area contributed by atoms with E-state index in [2.05, 4.69) is 24.9 Å². The van der Waals surface area contributed by atoms with Crippen LogP contribution in [0.4, 0.5) is 0 Å². The molecule has 0 aliphatic carbocycles. The number of aromatic hydroxyl groups is 2. The van der Waals surface area contributed by atoms with Gasteiger partial charge in [0.2, 0.25) is 17.7 Å². The summed E-state index contributed by atoms with van der Waals surface area (Å²) in [5.74, 6) is 1.55. The molecule has 0 radical (unpaired) electrons. The Kier molecular flexibility index (Phi) is 4.83. The van der Waals surface area contributed by atoms with E-state index in [-0.39, 0.29) is 17.7 Å². The van der Waals surface area contributed by atoms with E-state index in [1.54, 1.807) is 18.3 Å². The van der Waals surface area contributed by atoms with Crippen LogP contribution in [0.3, 0.4) is 0 Å². The van der Waals surface area contributed by atoms with E-state index in [9.17, 15) is 15.5 Å². The van der Waals surface area contributed by atoms with E-state index < -0.39 is 11.2 Å². The zero-order valence-corrected chi connectivity index (χ0v) is 20.4. The third-order valence-electron chi connectivity index (χ3n) is 7.61. The van der Waals surface area contributed by atoms with Gasteiger partial charge in [-0.15, -0.1) is 0 Å². The Balaban J connectivity index is 1.45. The van der Waals surface area contributed by atoms with Crippen molar-refractivity contribution in [2.75, 3.05) is 0 Å². The monoisotopic (exact) mass is 481 g/mol. The third-order valence-corrected chi connectivity index (χ3v) is 7.61. The fourth-order valence-corrected chi connectivity index (χ4v) is 5.85. The number of rotatable bonds is 5. The summed E-state index contributed by atoms with van der Waals surface area (Å²) in [7, 11) is 0. The first kappa shape index (κ1) is 22.4. The Labute approximate surface area is 208 Å². The smallest absolute Gasteiger partial charge is 0.218 e. The van der Waals surface area contributed by atoms with Gasteiger partial charge in [-0.1, -0.05) is 44.2 Å². The average Bonchev–Trinajstić information content (AvgIpc) is 3.59. The van der Waals surface area contributed by atoms with Gasteiger partial charge in [0, 0.05) is 16.7 Å². The molecule has 2 N–H and O–H groups in total. The molecule has 6 rings (SSSR count). The fourth-order valence-electron chi connectivity index (χ4n) is 5.85. The van der Waals surface area contributed by atoms with Gasteiger partial charge in [0.25, 0.3) is 0 Å². The van der Waals surface area contributed by atoms with Crippen LogP contribution in [0.15, 0.2) is 53.1 Å². The van der Waals surface area contributed by atoms with Gasteiger partial charge in [-0.25, -0.2) is 4.98 Å². The highest BCUT2D eigenvalue weighted by atomic mass is 16.5. The molecule has 2 bridgehead atoms. The quantitative estimate of drug-likeness (QED) is 0.344. The maximum atomic E-state index is 11.6. The van der Waals surface area contributed by atoms with Gasteiger partial charge < -0.3 is 19.4 Å². The molecule has 1 saturated heterocycles. The molecule has 0 unspecified atom stereocenters. The number of fused-ring (bicyclic) bond motifs is 6. The maximum Gasteiger partial charge on any atom is 0.218 e. The molecule has 0 saturated carbocycles. The summed E-state index contributed by atoms with van der Waals surface area (Å²) in [4.78, 5) is 4.33. The molecule has 0 spiro atoms. The zero-order valence-electron chi connectivity index (χ0n) is 20.4. The second-order valence-corrected chi connectivity index (χ2v) is 10.2. The summed E-state index contributed by atoms with van der Waals surface area (Å²) in [6, 6.07) is 13.2. The van der Waals surface area contributed by atoms with E-state index >= 15 is 0 Å². The Morgan fingerprint density at radius 2 is 1.86 bits per heavy atom. The number of aromatic nitrogens is 2. The Bertz CT molecular complexity index is 1590. The van der Waals surface area contributed by atoms with E-state index in [1.165, 1.54) is 4.57 Å². The first-order valence-corrected chi connectivity index (χ1v) is 12.2. The van der Waals surface area contributed by atoms with E-state index in [0.717, 1.165) is 29.4 Å². The summed E-state index contributed by atoms with van der Waals surface area (Å²) in [5.41, 5.74) is 0.948. The molecule has 182 valence electrons. The normalized spacial score (nSPS) is 22.6. The molecule has 2 aromatic heterocycles. The highest BCUT2D eigenvalue weighted by molar-refractivity contribution is 5.95. The zero-order chi connectivity index (χ0) is 25.2. The highest BCUT2D eigenvalue weighted by Crippen LogP contribution is 2.65. The second-order valence-electron chi connectivity index (χ2n) is 10.2. The summed E-state index contributed by atoms with van der Waals surface area (Å²) >= 11 is 0. The Hall–Kier alpha value is -4.02. The third kappa shape index (κ3) is 3.04. The molecule has 4 heterocycles. The first-order valence-electron chi connectivity index (χ1n) is 12.2. The van der Waals surface area contributed by atoms with Crippen molar-refractivity contribution < 1.29 is 19.4 Å². The molecule has 0 amide bonds. The lowest BCUT2D eigenvalue weighted by Gasteiger charge is -2.24. The van der Waals surface area contributed by atoms with E-state index in [4.69, 9.17) is 9.15 Å². The fraction of sp³-hybridized carbons (Fsp3) is 0.310. The van der Waals surface area contributed by atoms with Crippen molar-refractivity contribution >= 4 is 16.8 Å². The predicted molar refractivity (Wildman–Crippen MR) is 135 cm³/mol. The topological polar surface area (TPSA) is 104 Å². The molecule has 7 nitrogen and oxygen atoms in total. The standard InChI is InChI=1S/C29H27N3O4/c1-17(2)22-16-31-23(35-22)9-6-12-29-14-13-28(3,36-29)24-25(29)27(34)32(26(24)33)21-11-10-18(15-30)19-7-4-5-8-20(19)21/h4-11,16-17,33-34H,12-14H2,1-3H3/t28-,29+/m0/s1. The minimum atomic E-state index is -0.761. The number of nitriles is 1. The van der Waals surface area contributed by atoms with Crippen LogP contribution in [0.2, 0.25) is 0 Å². The van der Waals surface area contributed by atoms with Crippen LogP contribution >= 0.6 is 0 Å². The largest absolute Gasteiger partial charge is 0.494 e. The summed E-state index contributed by atoms with van der Waals surface area (Å²) in [5, 5.41) is 34.1. The molecule has 2 aliphatic rings. The lowest BCUT2D eigenvalue weighted by atomic mass is 9.78. The average molecular weight is 482 g/mol. The van der Waals surface area contributed by atoms with Crippen molar-refractivity contribution in [3.05, 3.63) is 77.0 Å². The predicted octanol–water partition coefficient (Wildman–Crippen LogP) is 6.36. The van der Waals surface area contributed by atoms with Crippen LogP contribution in [-0.2, 0) is 15.9 Å². The number of hydrogen-bond acceptors (Lipinski definition) is 6. The van der Waals surface area contributed by atoms with Crippen molar-refractivity contribution in [3.8, 4) is 23.5 Å². The number of benzene rings is 2. The molecule has 2 aliphatic heterocycles. The van der Waals surface area contributed by atoms with Crippen LogP contribution in [0.25, 0.3) is 22.5 Å². The lowest BCUT2D eigenvalue weighted by Crippen LogP contribution is -2.21. The minimum Gasteiger partial charge on any atom is -0.494 e. The van der Waals surface area contributed by atoms with Crippen LogP contribution in [0.1, 0.15) is 74.3 Å². The van der Waals surface area contributed by atoms with Crippen molar-refractivity contribution in [1.29, 1.82) is 5.26 Å². The van der Waals surface area contributed by atoms with Crippen molar-refractivity contribution in [3.63, 3.8) is 0 Å². The molecule has 2 atom stereocenters. The molecule has 4 aromatic rings. The molecule has 36 heavy (non-hydrogen) atoms. The molecule has 1 fully saturated rings. The molecule has 7 heteroatoms. The van der Waals surface area contributed by atoms with Gasteiger partial charge in [-0.3, -0.25) is 4.57 Å². The Morgan fingerprint density at radius 3 is 2.58 bits per heavy atom. The highest BCUT2D eigenvalue weighted by Gasteiger charge is 2.61. The summed E-state index contributed by atoms with van der Waals surface area (Å²) < 4.78 is 13.8. The lowest BCUT2D eigenvalue weighted by molar-refractivity contribution is -0.0772. The van der Waals surface area contributed by atoms with Crippen molar-refractivity contribution in [2.24, 2.45) is 0 Å². The van der Waals surface area contributed by atoms with Crippen molar-refractivity contribution in [2.45, 2.75) is 57.2 Å². The number of hydrogen-bond donors (Lipinski definition) is 2. The Morgan fingerprint density at radius 1 is 1.11 bits per heavy atom. The first-order chi connectivity index (χ1) is 17.3. The molecular formula is C29H27N3O4. The van der Waals surface area contributed by atoms with Crippen LogP contribution in [0.5, 0.6) is 11.8 Å². The number of ether oxygens (including phenoxy) is 1. The van der Waals surface area contributed by atoms with Gasteiger partial charge in [-0.2, -0.15) is 5.26 Å². The van der Waals surface area contributed by atoms with Crippen molar-refractivity contribution in [1.82, 2.24) is 9.55 Å². The molecular weight excluding hydrogens is 454 g/mol. The van der Waals surface area contributed by atoms with Gasteiger partial charge in [0.15, 0.2) is 0 Å². The van der Waals surface area contributed by atoms with Gasteiger partial charge in [-0.05, 0) is 44.4 Å². The maximum absolute atomic E-state index is 11.6. The minimum absolute atomic E-state index is 0.0281. The van der Waals surface area contributed by atoms with E-state index in [1.807, 2.05) is 43.3 Å². The summed E-state index contributed by atoms with van der Waals surface area (Å²) in [6.07, 6.45) is 7.48.